The van der Waals surface area contributed by atoms with Gasteiger partial charge in [0.05, 0.1) is 0 Å². The fourth-order valence-corrected chi connectivity index (χ4v) is 11.9. The first-order chi connectivity index (χ1) is 3.42. The third-order valence-electron chi connectivity index (χ3n) is 0.502. The van der Waals surface area contributed by atoms with Crippen LogP contribution in [0.15, 0.2) is 12.2 Å². The van der Waals surface area contributed by atoms with E-state index in [1.54, 1.807) is 0 Å². The molecule has 48 valence electrons. The van der Waals surface area contributed by atoms with Gasteiger partial charge in [0.15, 0.2) is 0 Å². The number of hydrogen-bond acceptors (Lipinski definition) is 0. The molecule has 0 atom stereocenters. The van der Waals surface area contributed by atoms with Gasteiger partial charge in [0.1, 0.15) is 0 Å². The molecule has 0 aliphatic carbocycles. The van der Waals surface area contributed by atoms with E-state index in [2.05, 4.69) is 44.7 Å². The molecule has 0 radical (unpaired) electrons. The summed E-state index contributed by atoms with van der Waals surface area (Å²) in [6.45, 7) is 5.84. The first kappa shape index (κ1) is 9.98. The third kappa shape index (κ3) is 7.98. The summed E-state index contributed by atoms with van der Waals surface area (Å²) in [5.41, 5.74) is 1.23. The molecule has 0 rings (SSSR count). The molecule has 0 aromatic carbocycles. The van der Waals surface area contributed by atoms with E-state index in [9.17, 15) is 0 Å². The molecule has 0 aliphatic rings. The quantitative estimate of drug-likeness (QED) is 0.479. The third-order valence-corrected chi connectivity index (χ3v) is 9.01. The maximum atomic E-state index is 3.80. The normalized spacial score (nSPS) is 11.5. The van der Waals surface area contributed by atoms with E-state index in [1.165, 1.54) is 5.57 Å². The summed E-state index contributed by atoms with van der Waals surface area (Å²) in [5.74, 6) is 0. The molecule has 8 heavy (non-hydrogen) atoms. The van der Waals surface area contributed by atoms with Crippen LogP contribution in [0.25, 0.3) is 0 Å². The van der Waals surface area contributed by atoms with Crippen LogP contribution in [0.1, 0.15) is 6.92 Å². The van der Waals surface area contributed by atoms with Crippen LogP contribution in [0.5, 0.6) is 0 Å². The second-order valence-electron chi connectivity index (χ2n) is 1.75. The van der Waals surface area contributed by atoms with Crippen molar-refractivity contribution in [2.75, 3.05) is 0 Å². The fraction of sp³-hybridized carbons (Fsp3) is 0.500. The minimum atomic E-state index is -2.02. The van der Waals surface area contributed by atoms with Gasteiger partial charge in [-0.3, -0.25) is 0 Å². The van der Waals surface area contributed by atoms with E-state index in [0.29, 0.717) is 0 Å². The van der Waals surface area contributed by atoms with Crippen molar-refractivity contribution < 1.29 is 0 Å². The van der Waals surface area contributed by atoms with Crippen molar-refractivity contribution in [3.05, 3.63) is 12.2 Å². The van der Waals surface area contributed by atoms with Crippen molar-refractivity contribution in [2.24, 2.45) is 0 Å². The van der Waals surface area contributed by atoms with Crippen LogP contribution in [-0.2, 0) is 0 Å². The van der Waals surface area contributed by atoms with Crippen molar-refractivity contribution >= 4 is 49.8 Å². The Morgan fingerprint density at radius 1 is 1.50 bits per heavy atom. The van der Waals surface area contributed by atoms with Crippen molar-refractivity contribution in [3.63, 3.8) is 0 Å². The zero-order chi connectivity index (χ0) is 6.78. The molecule has 0 nitrogen and oxygen atoms in total. The van der Waals surface area contributed by atoms with Gasteiger partial charge in [0, 0.05) is 0 Å². The van der Waals surface area contributed by atoms with Gasteiger partial charge in [-0.15, -0.1) is 0 Å². The monoisotopic (exact) mass is 412 g/mol. The van der Waals surface area contributed by atoms with Gasteiger partial charge >= 0.3 is 73.3 Å². The van der Waals surface area contributed by atoms with Crippen LogP contribution in [0, 0.1) is 0 Å². The summed E-state index contributed by atoms with van der Waals surface area (Å²) in [7, 11) is 0. The van der Waals surface area contributed by atoms with Gasteiger partial charge in [0.2, 0.25) is 0 Å². The topological polar surface area (TPSA) is 0 Å². The molecule has 0 bridgehead atoms. The second kappa shape index (κ2) is 3.98. The van der Waals surface area contributed by atoms with Gasteiger partial charge < -0.3 is 0 Å². The van der Waals surface area contributed by atoms with E-state index in [-0.39, 0.29) is 0 Å². The predicted molar refractivity (Wildman–Crippen MR) is 52.2 cm³/mol. The van der Waals surface area contributed by atoms with Crippen LogP contribution >= 0.6 is 38.1 Å². The van der Waals surface area contributed by atoms with Gasteiger partial charge in [-0.2, -0.15) is 0 Å². The summed E-state index contributed by atoms with van der Waals surface area (Å²) in [5, 5.41) is 0. The van der Waals surface area contributed by atoms with Crippen LogP contribution in [-0.4, -0.2) is 11.7 Å². The number of rotatable bonds is 2. The van der Waals surface area contributed by atoms with E-state index in [0.717, 1.165) is 4.44 Å². The van der Waals surface area contributed by atoms with Gasteiger partial charge in [-0.25, -0.2) is 0 Å². The summed E-state index contributed by atoms with van der Waals surface area (Å²) < 4.78 is 1.09. The zero-order valence-electron chi connectivity index (χ0n) is 4.55. The number of allylic oxidation sites excluding steroid dienone is 1. The average Bonchev–Trinajstić information content (AvgIpc) is 1.21. The van der Waals surface area contributed by atoms with Gasteiger partial charge in [-0.1, -0.05) is 0 Å². The van der Waals surface area contributed by atoms with Crippen molar-refractivity contribution in [1.29, 1.82) is 0 Å². The molecule has 0 saturated carbocycles. The second-order valence-corrected chi connectivity index (χ2v) is 54.9. The number of halogens is 3. The Morgan fingerprint density at radius 3 is 1.88 bits per heavy atom. The van der Waals surface area contributed by atoms with Gasteiger partial charge in [-0.05, 0) is 0 Å². The molecule has 0 N–H and O–H groups in total. The van der Waals surface area contributed by atoms with Crippen LogP contribution in [0.3, 0.4) is 0 Å². The first-order valence-corrected chi connectivity index (χ1v) is 23.3. The SMILES string of the molecule is C=C(C)[CH2][Sn]([Br])([Br])[Br]. The fourth-order valence-electron chi connectivity index (χ4n) is 0.342. The summed E-state index contributed by atoms with van der Waals surface area (Å²) in [6.07, 6.45) is 0. The van der Waals surface area contributed by atoms with E-state index < -0.39 is 11.7 Å². The molecule has 0 aromatic rings. The van der Waals surface area contributed by atoms with E-state index in [1.807, 2.05) is 6.92 Å². The maximum absolute atomic E-state index is 3.80. The molecular weight excluding hydrogens is 406 g/mol. The number of hydrogen-bond donors (Lipinski definition) is 0. The van der Waals surface area contributed by atoms with Crippen molar-refractivity contribution in [1.82, 2.24) is 0 Å². The Kier molecular flexibility index (Phi) is 4.97. The molecule has 0 heterocycles. The van der Waals surface area contributed by atoms with Crippen LogP contribution in [0.4, 0.5) is 0 Å². The molecule has 4 heteroatoms. The Morgan fingerprint density at radius 2 is 1.88 bits per heavy atom. The van der Waals surface area contributed by atoms with Gasteiger partial charge in [0.25, 0.3) is 0 Å². The minimum absolute atomic E-state index is 1.09. The van der Waals surface area contributed by atoms with Crippen LogP contribution < -0.4 is 0 Å². The molecule has 0 spiro atoms. The molecule has 0 aliphatic heterocycles. The zero-order valence-corrected chi connectivity index (χ0v) is 12.2. The molecule has 0 aromatic heterocycles. The predicted octanol–water partition coefficient (Wildman–Crippen LogP) is 3.69. The Hall–Kier alpha value is 1.98. The van der Waals surface area contributed by atoms with E-state index >= 15 is 0 Å². The Labute approximate surface area is 72.2 Å². The molecule has 0 unspecified atom stereocenters. The standard InChI is InChI=1S/C4H7.3BrH.Sn/c1-4(2)3;;;;/h1-2H2,3H3;3*1H;/q;;;;+3/p-3. The molecule has 0 saturated heterocycles. The van der Waals surface area contributed by atoms with E-state index in [4.69, 9.17) is 0 Å². The van der Waals surface area contributed by atoms with Crippen molar-refractivity contribution in [2.45, 2.75) is 11.4 Å². The Balaban J connectivity index is 3.55. The first-order valence-electron chi connectivity index (χ1n) is 2.13. The Bertz CT molecular complexity index is 93.9. The molecule has 0 amide bonds. The molecule has 0 fully saturated rings. The molecular formula is C4H7Br3Sn. The summed E-state index contributed by atoms with van der Waals surface area (Å²) >= 11 is 8.67. The summed E-state index contributed by atoms with van der Waals surface area (Å²) in [6, 6.07) is 0. The van der Waals surface area contributed by atoms with Crippen LogP contribution in [0.2, 0.25) is 4.44 Å². The van der Waals surface area contributed by atoms with Crippen molar-refractivity contribution in [3.8, 4) is 0 Å². The average molecular weight is 414 g/mol. The summed E-state index contributed by atoms with van der Waals surface area (Å²) in [4.78, 5) is 0.